The van der Waals surface area contributed by atoms with Gasteiger partial charge in [-0.05, 0) is 206 Å². The maximum Gasteiger partial charge on any atom is 0.416 e. The number of carbonyl (C=O) groups excluding carboxylic acids is 8. The summed E-state index contributed by atoms with van der Waals surface area (Å²) in [6, 6.07) is 36.9. The highest BCUT2D eigenvalue weighted by molar-refractivity contribution is 6.30. The number of Topliss-reactive ketones (excluding diaryl/α,β-unsaturated/α-hetero) is 8. The Kier molecular flexibility index (Phi) is 26.1. The number of hydrogen-bond acceptors (Lipinski definition) is 13. The van der Waals surface area contributed by atoms with Gasteiger partial charge in [-0.2, -0.15) is 26.3 Å². The summed E-state index contributed by atoms with van der Waals surface area (Å²) in [5.41, 5.74) is 6.29. The fourth-order valence-corrected chi connectivity index (χ4v) is 18.5. The minimum absolute atomic E-state index is 0. The first-order valence-corrected chi connectivity index (χ1v) is 41.7. The SMILES string of the molecule is CC1(C)CCCN(c2ccc(CC(=O)C3=CCc4ccccc4C3=O)c(C(F)(F)F)c2)C1.CC1(c2cc(F)c(CC(=O)C3=CCc4ccccc4C3=O)cc2O)CCCCC1.C[C@H]1CCCN1c1ccc(CC(=O)C2=CCc3ccccc3C2=O)c(C(F)(F)F)c1.Cc1cc2c(cn1)CC=C(C(=O)Cc1cc(O)c(C3(C)CCCCC3)cc1F)C2=O.[HH].[HH]. The Hall–Kier alpha value is -11.4. The van der Waals surface area contributed by atoms with E-state index in [0.29, 0.717) is 89.2 Å². The van der Waals surface area contributed by atoms with Crippen molar-refractivity contribution in [2.45, 2.75) is 212 Å². The van der Waals surface area contributed by atoms with Gasteiger partial charge in [-0.25, -0.2) is 8.78 Å². The van der Waals surface area contributed by atoms with Gasteiger partial charge < -0.3 is 20.0 Å². The van der Waals surface area contributed by atoms with E-state index < -0.39 is 82.7 Å². The number of phenolic OH excluding ortho intramolecular Hbond substituents is 2. The monoisotopic (exact) mass is 1660 g/mol. The van der Waals surface area contributed by atoms with E-state index in [-0.39, 0.29) is 106 Å². The summed E-state index contributed by atoms with van der Waals surface area (Å²) in [7, 11) is 0. The number of aromatic hydroxyl groups is 2. The second kappa shape index (κ2) is 36.1. The van der Waals surface area contributed by atoms with E-state index in [1.165, 1.54) is 48.6 Å². The van der Waals surface area contributed by atoms with Gasteiger partial charge >= 0.3 is 12.4 Å². The first-order chi connectivity index (χ1) is 57.5. The summed E-state index contributed by atoms with van der Waals surface area (Å²) >= 11 is 0. The van der Waals surface area contributed by atoms with Crippen LogP contribution < -0.4 is 9.80 Å². The number of fused-ring (bicyclic) bond motifs is 4. The quantitative estimate of drug-likeness (QED) is 0.0685. The topological polar surface area (TPSA) is 196 Å². The Morgan fingerprint density at radius 2 is 0.826 bits per heavy atom. The molecule has 13 nitrogen and oxygen atoms in total. The van der Waals surface area contributed by atoms with Gasteiger partial charge in [-0.15, -0.1) is 0 Å². The molecular formula is C100H103F8N3O10. The number of allylic oxidation sites excluding steroid dienone is 8. The van der Waals surface area contributed by atoms with Crippen molar-refractivity contribution in [1.29, 1.82) is 0 Å². The lowest BCUT2D eigenvalue weighted by molar-refractivity contribution is -0.139. The molecule has 3 heterocycles. The van der Waals surface area contributed by atoms with E-state index in [9.17, 15) is 83.7 Å². The third-order valence-corrected chi connectivity index (χ3v) is 25.3. The highest BCUT2D eigenvalue weighted by atomic mass is 19.4. The van der Waals surface area contributed by atoms with Gasteiger partial charge in [0.15, 0.2) is 46.3 Å². The van der Waals surface area contributed by atoms with Crippen molar-refractivity contribution in [2.24, 2.45) is 5.41 Å². The molecule has 16 rings (SSSR count). The Labute approximate surface area is 702 Å². The summed E-state index contributed by atoms with van der Waals surface area (Å²) in [4.78, 5) is 110. The van der Waals surface area contributed by atoms with Crippen molar-refractivity contribution >= 4 is 57.6 Å². The molecule has 0 unspecified atom stereocenters. The van der Waals surface area contributed by atoms with E-state index in [2.05, 4.69) is 32.7 Å². The molecule has 8 aromatic rings. The van der Waals surface area contributed by atoms with Gasteiger partial charge in [0, 0.05) is 111 Å². The third-order valence-electron chi connectivity index (χ3n) is 25.3. The summed E-state index contributed by atoms with van der Waals surface area (Å²) in [6.45, 7) is 14.3. The van der Waals surface area contributed by atoms with Crippen molar-refractivity contribution in [3.63, 3.8) is 0 Å². The number of halogens is 8. The van der Waals surface area contributed by atoms with Gasteiger partial charge in [0.25, 0.3) is 0 Å². The van der Waals surface area contributed by atoms with Gasteiger partial charge in [0.05, 0.1) is 33.4 Å². The molecule has 2 N–H and O–H groups in total. The number of benzene rings is 7. The number of piperidine rings is 1. The first-order valence-electron chi connectivity index (χ1n) is 41.7. The molecule has 0 radical (unpaired) electrons. The van der Waals surface area contributed by atoms with E-state index in [0.717, 1.165) is 131 Å². The Balaban J connectivity index is 0.000000159. The minimum Gasteiger partial charge on any atom is -0.508 e. The van der Waals surface area contributed by atoms with Crippen LogP contribution in [0.15, 0.2) is 192 Å². The lowest BCUT2D eigenvalue weighted by Gasteiger charge is -2.39. The molecule has 2 saturated heterocycles. The van der Waals surface area contributed by atoms with Crippen LogP contribution in [0.25, 0.3) is 0 Å². The van der Waals surface area contributed by atoms with E-state index in [1.54, 1.807) is 79.9 Å². The van der Waals surface area contributed by atoms with E-state index >= 15 is 0 Å². The van der Waals surface area contributed by atoms with Crippen LogP contribution in [-0.2, 0) is 93.7 Å². The molecule has 7 aromatic carbocycles. The van der Waals surface area contributed by atoms with Crippen LogP contribution in [0.1, 0.15) is 241 Å². The fraction of sp³-hybridized carbons (Fsp3) is 0.370. The summed E-state index contributed by atoms with van der Waals surface area (Å²) < 4.78 is 113. The molecule has 6 aliphatic carbocycles. The number of ketones is 8. The van der Waals surface area contributed by atoms with Crippen LogP contribution in [0, 0.1) is 24.0 Å². The molecule has 121 heavy (non-hydrogen) atoms. The first kappa shape index (κ1) is 87.5. The number of nitrogens with zero attached hydrogens (tertiary/aromatic N) is 3. The maximum absolute atomic E-state index is 14.9. The highest BCUT2D eigenvalue weighted by Crippen LogP contribution is 2.47. The van der Waals surface area contributed by atoms with E-state index in [1.807, 2.05) is 53.1 Å². The lowest BCUT2D eigenvalue weighted by atomic mass is 9.70. The average Bonchev–Trinajstić information content (AvgIpc) is 1.71. The number of pyridine rings is 1. The maximum atomic E-state index is 14.9. The molecule has 4 fully saturated rings. The number of aromatic nitrogens is 1. The van der Waals surface area contributed by atoms with E-state index in [4.69, 9.17) is 0 Å². The number of hydrogen-bond donors (Lipinski definition) is 2. The molecule has 0 bridgehead atoms. The lowest BCUT2D eigenvalue weighted by Crippen LogP contribution is -2.40. The molecule has 21 heteroatoms. The van der Waals surface area contributed by atoms with Gasteiger partial charge in [0.1, 0.15) is 23.1 Å². The number of phenols is 2. The number of rotatable bonds is 16. The molecule has 2 aliphatic heterocycles. The van der Waals surface area contributed by atoms with Gasteiger partial charge in [-0.1, -0.05) is 175 Å². The number of aryl methyl sites for hydroxylation is 1. The molecular weight excluding hydrogens is 1560 g/mol. The van der Waals surface area contributed by atoms with Crippen LogP contribution in [-0.4, -0.2) is 87.1 Å². The average molecular weight is 1660 g/mol. The molecule has 1 atom stereocenters. The predicted molar refractivity (Wildman–Crippen MR) is 453 cm³/mol. The molecule has 0 spiro atoms. The minimum atomic E-state index is -4.59. The van der Waals surface area contributed by atoms with Gasteiger partial charge in [-0.3, -0.25) is 43.3 Å². The molecule has 0 amide bonds. The Morgan fingerprint density at radius 1 is 0.446 bits per heavy atom. The van der Waals surface area contributed by atoms with Crippen LogP contribution in [0.3, 0.4) is 0 Å². The zero-order valence-corrected chi connectivity index (χ0v) is 68.9. The highest BCUT2D eigenvalue weighted by Gasteiger charge is 2.41. The number of alkyl halides is 6. The third kappa shape index (κ3) is 19.7. The fourth-order valence-electron chi connectivity index (χ4n) is 18.5. The molecule has 8 aliphatic rings. The van der Waals surface area contributed by atoms with Crippen LogP contribution in [0.2, 0.25) is 0 Å². The summed E-state index contributed by atoms with van der Waals surface area (Å²) in [6.07, 6.45) is 13.2. The molecule has 2 saturated carbocycles. The summed E-state index contributed by atoms with van der Waals surface area (Å²) in [5.74, 6) is -4.45. The number of anilines is 2. The van der Waals surface area contributed by atoms with Crippen molar-refractivity contribution in [1.82, 2.24) is 4.98 Å². The van der Waals surface area contributed by atoms with Crippen LogP contribution in [0.5, 0.6) is 11.5 Å². The van der Waals surface area contributed by atoms with Crippen molar-refractivity contribution in [2.75, 3.05) is 29.4 Å². The van der Waals surface area contributed by atoms with Crippen LogP contribution >= 0.6 is 0 Å². The molecule has 1 aromatic heterocycles. The predicted octanol–water partition coefficient (Wildman–Crippen LogP) is 21.6. The molecule has 634 valence electrons. The largest absolute Gasteiger partial charge is 0.508 e. The van der Waals surface area contributed by atoms with Crippen LogP contribution in [0.4, 0.5) is 46.5 Å². The Morgan fingerprint density at radius 3 is 1.22 bits per heavy atom. The summed E-state index contributed by atoms with van der Waals surface area (Å²) in [5, 5.41) is 21.2. The van der Waals surface area contributed by atoms with Crippen molar-refractivity contribution in [3.8, 4) is 11.5 Å². The second-order valence-electron chi connectivity index (χ2n) is 34.7. The smallest absolute Gasteiger partial charge is 0.416 e. The second-order valence-corrected chi connectivity index (χ2v) is 34.7. The van der Waals surface area contributed by atoms with Gasteiger partial charge in [0.2, 0.25) is 0 Å². The zero-order chi connectivity index (χ0) is 86.6. The van der Waals surface area contributed by atoms with Crippen molar-refractivity contribution in [3.05, 3.63) is 299 Å². The zero-order valence-electron chi connectivity index (χ0n) is 68.9. The normalized spacial score (nSPS) is 18.3. The number of carbonyl (C=O) groups is 8. The van der Waals surface area contributed by atoms with Crippen molar-refractivity contribution < 1.29 is 86.5 Å². The standard InChI is InChI=1S/C26H26F3NO2.C25H26FNO3.C25H25FO3.C24H22F3NO2.2H2/c1-25(2)12-5-13-30(16-25)19-10-8-18(22(15-19)26(27,28)29)14-23(31)21-11-9-17-6-3-4-7-20(17)24(21)32;1-15-10-19-16(14-27-15)6-7-18(24(19)30)22(28)11-17-12-23(29)20(13-21(17)26)25(2)8-4-3-5-9-25;1-25(11-5-2-6-12-25)20-15-21(26)17(14-23(20)28)13-22(27)19-10-9-16-7-3-4-8-18(16)24(19)29;1-15-5-4-12-28(15)18-10-8-17(21(14-18)24(25,26)27)13-22(29)20-11-9-16-6-2-3-7-19(16)23(20)30;;/h3-4,6-8,10-11,15H,5,9,12-14,16H2,1-2H3;7,10,12-14,29H,3-6,8-9,11H2,1-2H3;3-4,7-8,10,14-15,28H,2,5-6,9,11-13H2,1H3;2-3,6-8,10-11,14-15H,4-5,9,12-13H2,1H3;2*1H/t;;;15-;;/m...0../s1. The Bertz CT molecular complexity index is 5590.